The molecule has 8 nitrogen and oxygen atoms in total. The fourth-order valence-electron chi connectivity index (χ4n) is 2.31. The molecule has 0 bridgehead atoms. The standard InChI is InChI=1S/C11H16N4O4/c1-18-10-9(15(16)17)11(14-6-13-10)19-8-4-2-3-7(8)5-12/h6-8H,2-5,12H2,1H3. The van der Waals surface area contributed by atoms with Gasteiger partial charge in [0, 0.05) is 5.92 Å². The molecule has 8 heteroatoms. The molecular formula is C11H16N4O4. The Bertz CT molecular complexity index is 468. The molecule has 1 aromatic rings. The highest BCUT2D eigenvalue weighted by Crippen LogP contribution is 2.36. The van der Waals surface area contributed by atoms with Crippen molar-refractivity contribution in [3.8, 4) is 11.8 Å². The molecule has 0 radical (unpaired) electrons. The maximum absolute atomic E-state index is 11.1. The van der Waals surface area contributed by atoms with Gasteiger partial charge in [0.15, 0.2) is 0 Å². The number of aromatic nitrogens is 2. The lowest BCUT2D eigenvalue weighted by Crippen LogP contribution is -2.28. The average molecular weight is 268 g/mol. The minimum absolute atomic E-state index is 0.0535. The molecule has 1 fully saturated rings. The van der Waals surface area contributed by atoms with Crippen molar-refractivity contribution in [3.63, 3.8) is 0 Å². The Morgan fingerprint density at radius 2 is 2.21 bits per heavy atom. The normalized spacial score (nSPS) is 22.2. The largest absolute Gasteiger partial charge is 0.476 e. The van der Waals surface area contributed by atoms with E-state index in [4.69, 9.17) is 15.2 Å². The van der Waals surface area contributed by atoms with Crippen LogP contribution in [0, 0.1) is 16.0 Å². The van der Waals surface area contributed by atoms with E-state index < -0.39 is 4.92 Å². The smallest absolute Gasteiger partial charge is 0.392 e. The molecule has 2 rings (SSSR count). The van der Waals surface area contributed by atoms with Crippen LogP contribution in [0.15, 0.2) is 6.33 Å². The Labute approximate surface area is 110 Å². The van der Waals surface area contributed by atoms with Gasteiger partial charge in [-0.2, -0.15) is 9.97 Å². The second-order valence-corrected chi connectivity index (χ2v) is 4.38. The lowest BCUT2D eigenvalue weighted by Gasteiger charge is -2.18. The maximum atomic E-state index is 11.1. The summed E-state index contributed by atoms with van der Waals surface area (Å²) < 4.78 is 10.5. The van der Waals surface area contributed by atoms with Crippen molar-refractivity contribution < 1.29 is 14.4 Å². The van der Waals surface area contributed by atoms with Gasteiger partial charge in [0.1, 0.15) is 12.4 Å². The van der Waals surface area contributed by atoms with E-state index in [1.54, 1.807) is 0 Å². The lowest BCUT2D eigenvalue weighted by atomic mass is 10.1. The minimum Gasteiger partial charge on any atom is -0.476 e. The van der Waals surface area contributed by atoms with Gasteiger partial charge in [-0.05, 0) is 25.8 Å². The summed E-state index contributed by atoms with van der Waals surface area (Å²) in [7, 11) is 1.32. The molecule has 2 N–H and O–H groups in total. The molecule has 1 saturated carbocycles. The van der Waals surface area contributed by atoms with Crippen LogP contribution in [-0.2, 0) is 0 Å². The molecule has 1 aliphatic carbocycles. The molecular weight excluding hydrogens is 252 g/mol. The van der Waals surface area contributed by atoms with Gasteiger partial charge in [0.2, 0.25) is 0 Å². The van der Waals surface area contributed by atoms with E-state index in [1.807, 2.05) is 0 Å². The molecule has 1 aromatic heterocycles. The zero-order valence-corrected chi connectivity index (χ0v) is 10.6. The highest BCUT2D eigenvalue weighted by molar-refractivity contribution is 5.49. The Hall–Kier alpha value is -1.96. The van der Waals surface area contributed by atoms with Crippen LogP contribution in [0.1, 0.15) is 19.3 Å². The molecule has 2 atom stereocenters. The second-order valence-electron chi connectivity index (χ2n) is 4.38. The number of methoxy groups -OCH3 is 1. The predicted octanol–water partition coefficient (Wildman–Crippen LogP) is 0.900. The van der Waals surface area contributed by atoms with Crippen molar-refractivity contribution in [3.05, 3.63) is 16.4 Å². The molecule has 1 heterocycles. The van der Waals surface area contributed by atoms with Gasteiger partial charge in [-0.25, -0.2) is 0 Å². The fourth-order valence-corrected chi connectivity index (χ4v) is 2.31. The van der Waals surface area contributed by atoms with Gasteiger partial charge in [0.25, 0.3) is 0 Å². The second kappa shape index (κ2) is 5.79. The Kier molecular flexibility index (Phi) is 4.10. The summed E-state index contributed by atoms with van der Waals surface area (Å²) in [6.07, 6.45) is 3.85. The molecule has 0 spiro atoms. The molecule has 0 amide bonds. The summed E-state index contributed by atoms with van der Waals surface area (Å²) in [5.74, 6) is 0.0556. The molecule has 0 saturated heterocycles. The van der Waals surface area contributed by atoms with E-state index in [1.165, 1.54) is 13.4 Å². The molecule has 19 heavy (non-hydrogen) atoms. The topological polar surface area (TPSA) is 113 Å². The van der Waals surface area contributed by atoms with Gasteiger partial charge >= 0.3 is 17.4 Å². The first kappa shape index (κ1) is 13.5. The Morgan fingerprint density at radius 1 is 1.47 bits per heavy atom. The summed E-state index contributed by atoms with van der Waals surface area (Å²) in [6, 6.07) is 0. The van der Waals surface area contributed by atoms with Crippen LogP contribution >= 0.6 is 0 Å². The van der Waals surface area contributed by atoms with Crippen LogP contribution in [0.3, 0.4) is 0 Å². The summed E-state index contributed by atoms with van der Waals surface area (Å²) in [5, 5.41) is 11.1. The number of rotatable bonds is 5. The zero-order chi connectivity index (χ0) is 13.8. The number of nitro groups is 1. The Morgan fingerprint density at radius 3 is 2.84 bits per heavy atom. The molecule has 0 aliphatic heterocycles. The van der Waals surface area contributed by atoms with Crippen LogP contribution in [0.25, 0.3) is 0 Å². The third-order valence-corrected chi connectivity index (χ3v) is 3.29. The van der Waals surface area contributed by atoms with Crippen LogP contribution in [0.5, 0.6) is 11.8 Å². The first-order chi connectivity index (χ1) is 9.17. The van der Waals surface area contributed by atoms with Crippen LogP contribution < -0.4 is 15.2 Å². The highest BCUT2D eigenvalue weighted by atomic mass is 16.6. The van der Waals surface area contributed by atoms with Crippen molar-refractivity contribution in [1.29, 1.82) is 0 Å². The third kappa shape index (κ3) is 2.73. The van der Waals surface area contributed by atoms with E-state index in [9.17, 15) is 10.1 Å². The first-order valence-corrected chi connectivity index (χ1v) is 6.07. The van der Waals surface area contributed by atoms with Crippen molar-refractivity contribution in [2.75, 3.05) is 13.7 Å². The van der Waals surface area contributed by atoms with Crippen LogP contribution in [0.2, 0.25) is 0 Å². The van der Waals surface area contributed by atoms with Crippen LogP contribution in [-0.4, -0.2) is 34.6 Å². The summed E-state index contributed by atoms with van der Waals surface area (Å²) in [4.78, 5) is 18.0. The van der Waals surface area contributed by atoms with E-state index >= 15 is 0 Å². The van der Waals surface area contributed by atoms with Gasteiger partial charge in [-0.1, -0.05) is 0 Å². The van der Waals surface area contributed by atoms with Gasteiger partial charge in [-0.15, -0.1) is 0 Å². The SMILES string of the molecule is COc1ncnc(OC2CCCC2CN)c1[N+](=O)[O-]. The predicted molar refractivity (Wildman–Crippen MR) is 66.0 cm³/mol. The van der Waals surface area contributed by atoms with Crippen molar-refractivity contribution in [1.82, 2.24) is 9.97 Å². The summed E-state index contributed by atoms with van der Waals surface area (Å²) >= 11 is 0. The molecule has 2 unspecified atom stereocenters. The zero-order valence-electron chi connectivity index (χ0n) is 10.6. The summed E-state index contributed by atoms with van der Waals surface area (Å²) in [6.45, 7) is 0.501. The van der Waals surface area contributed by atoms with E-state index in [-0.39, 0.29) is 29.5 Å². The number of nitrogens with zero attached hydrogens (tertiary/aromatic N) is 3. The van der Waals surface area contributed by atoms with Crippen molar-refractivity contribution in [2.24, 2.45) is 11.7 Å². The summed E-state index contributed by atoms with van der Waals surface area (Å²) in [5.41, 5.74) is 5.32. The van der Waals surface area contributed by atoms with Crippen molar-refractivity contribution in [2.45, 2.75) is 25.4 Å². The number of hydrogen-bond donors (Lipinski definition) is 1. The minimum atomic E-state index is -0.597. The monoisotopic (exact) mass is 268 g/mol. The van der Waals surface area contributed by atoms with E-state index in [0.717, 1.165) is 19.3 Å². The van der Waals surface area contributed by atoms with E-state index in [0.29, 0.717) is 6.54 Å². The number of hydrogen-bond acceptors (Lipinski definition) is 7. The van der Waals surface area contributed by atoms with Crippen molar-refractivity contribution >= 4 is 5.69 Å². The van der Waals surface area contributed by atoms with Gasteiger partial charge in [0.05, 0.1) is 12.0 Å². The van der Waals surface area contributed by atoms with E-state index in [2.05, 4.69) is 9.97 Å². The van der Waals surface area contributed by atoms with Gasteiger partial charge < -0.3 is 15.2 Å². The van der Waals surface area contributed by atoms with Gasteiger partial charge in [-0.3, -0.25) is 10.1 Å². The maximum Gasteiger partial charge on any atom is 0.392 e. The molecule has 1 aliphatic rings. The lowest BCUT2D eigenvalue weighted by molar-refractivity contribution is -0.387. The fraction of sp³-hybridized carbons (Fsp3) is 0.636. The highest BCUT2D eigenvalue weighted by Gasteiger charge is 2.32. The molecule has 104 valence electrons. The number of ether oxygens (including phenoxy) is 2. The van der Waals surface area contributed by atoms with Crippen LogP contribution in [0.4, 0.5) is 5.69 Å². The quantitative estimate of drug-likeness (QED) is 0.623. The first-order valence-electron chi connectivity index (χ1n) is 6.07. The number of nitrogens with two attached hydrogens (primary N) is 1. The Balaban J connectivity index is 2.27. The average Bonchev–Trinajstić information content (AvgIpc) is 2.85. The third-order valence-electron chi connectivity index (χ3n) is 3.29. The molecule has 0 aromatic carbocycles.